The van der Waals surface area contributed by atoms with Gasteiger partial charge >= 0.3 is 6.09 Å². The molecule has 1 aliphatic rings. The lowest BCUT2D eigenvalue weighted by molar-refractivity contribution is 0.149. The minimum Gasteiger partial charge on any atom is -0.438 e. The van der Waals surface area contributed by atoms with Gasteiger partial charge in [0.25, 0.3) is 0 Å². The molecule has 66 valence electrons. The highest BCUT2D eigenvalue weighted by atomic mass is 16.6. The summed E-state index contributed by atoms with van der Waals surface area (Å²) in [5.74, 6) is 0. The van der Waals surface area contributed by atoms with E-state index in [0.29, 0.717) is 6.42 Å². The van der Waals surface area contributed by atoms with Crippen LogP contribution in [-0.2, 0) is 11.2 Å². The van der Waals surface area contributed by atoms with E-state index in [1.807, 2.05) is 30.3 Å². The minimum absolute atomic E-state index is 0.185. The molecule has 1 unspecified atom stereocenters. The first-order valence-electron chi connectivity index (χ1n) is 4.13. The van der Waals surface area contributed by atoms with E-state index in [4.69, 9.17) is 4.74 Å². The molecule has 1 aromatic carbocycles. The molecule has 0 aliphatic carbocycles. The maximum absolute atomic E-state index is 10.6. The van der Waals surface area contributed by atoms with Crippen LogP contribution in [0.1, 0.15) is 5.56 Å². The molecule has 13 heavy (non-hydrogen) atoms. The van der Waals surface area contributed by atoms with E-state index in [9.17, 15) is 4.79 Å². The van der Waals surface area contributed by atoms with E-state index in [1.54, 1.807) is 6.21 Å². The molecule has 3 heteroatoms. The fourth-order valence-corrected chi connectivity index (χ4v) is 1.28. The number of benzene rings is 1. The summed E-state index contributed by atoms with van der Waals surface area (Å²) in [7, 11) is 0. The van der Waals surface area contributed by atoms with Crippen LogP contribution in [-0.4, -0.2) is 18.4 Å². The van der Waals surface area contributed by atoms with Crippen molar-refractivity contribution in [2.24, 2.45) is 4.99 Å². The van der Waals surface area contributed by atoms with Gasteiger partial charge in [-0.05, 0) is 5.56 Å². The normalized spacial score (nSPS) is 20.3. The molecule has 1 heterocycles. The molecule has 1 amide bonds. The first-order valence-corrected chi connectivity index (χ1v) is 4.13. The van der Waals surface area contributed by atoms with Gasteiger partial charge in [0, 0.05) is 6.42 Å². The van der Waals surface area contributed by atoms with Crippen molar-refractivity contribution in [3.63, 3.8) is 0 Å². The van der Waals surface area contributed by atoms with Crippen LogP contribution in [0.4, 0.5) is 4.79 Å². The molecular formula is C10H9NO2. The van der Waals surface area contributed by atoms with E-state index in [0.717, 1.165) is 5.56 Å². The second-order valence-electron chi connectivity index (χ2n) is 2.89. The van der Waals surface area contributed by atoms with Crippen molar-refractivity contribution in [1.82, 2.24) is 0 Å². The van der Waals surface area contributed by atoms with Crippen LogP contribution < -0.4 is 0 Å². The Balaban J connectivity index is 2.00. The number of aliphatic imine (C=N–C) groups is 1. The Kier molecular flexibility index (Phi) is 2.08. The van der Waals surface area contributed by atoms with Crippen LogP contribution in [0.25, 0.3) is 0 Å². The zero-order chi connectivity index (χ0) is 9.10. The minimum atomic E-state index is -0.485. The number of carbonyl (C=O) groups is 1. The first kappa shape index (κ1) is 7.98. The third-order valence-electron chi connectivity index (χ3n) is 1.88. The Hall–Kier alpha value is -1.64. The Bertz CT molecular complexity index is 332. The quantitative estimate of drug-likeness (QED) is 0.687. The molecule has 0 saturated carbocycles. The number of rotatable bonds is 2. The molecule has 0 saturated heterocycles. The summed E-state index contributed by atoms with van der Waals surface area (Å²) in [6.07, 6.45) is 1.58. The number of nitrogens with zero attached hydrogens (tertiary/aromatic N) is 1. The smallest absolute Gasteiger partial charge is 0.434 e. The first-order chi connectivity index (χ1) is 6.34. The standard InChI is InChI=1S/C10H9NO2/c12-10-11-7-9(13-10)6-8-4-2-1-3-5-8/h1-5,7,9H,6H2. The van der Waals surface area contributed by atoms with E-state index in [2.05, 4.69) is 4.99 Å². The second kappa shape index (κ2) is 3.39. The largest absolute Gasteiger partial charge is 0.438 e. The molecule has 2 rings (SSSR count). The molecule has 1 aromatic rings. The predicted octanol–water partition coefficient (Wildman–Crippen LogP) is 1.82. The summed E-state index contributed by atoms with van der Waals surface area (Å²) in [6, 6.07) is 9.88. The van der Waals surface area contributed by atoms with Crippen molar-refractivity contribution >= 4 is 12.3 Å². The number of hydrogen-bond acceptors (Lipinski definition) is 2. The third kappa shape index (κ3) is 1.93. The highest BCUT2D eigenvalue weighted by Crippen LogP contribution is 2.08. The topological polar surface area (TPSA) is 38.7 Å². The molecule has 0 aromatic heterocycles. The van der Waals surface area contributed by atoms with Crippen LogP contribution in [0.3, 0.4) is 0 Å². The maximum atomic E-state index is 10.6. The average molecular weight is 175 g/mol. The number of cyclic esters (lactones) is 1. The molecule has 3 nitrogen and oxygen atoms in total. The van der Waals surface area contributed by atoms with Gasteiger partial charge in [0.1, 0.15) is 6.10 Å². The van der Waals surface area contributed by atoms with Crippen molar-refractivity contribution in [3.05, 3.63) is 35.9 Å². The predicted molar refractivity (Wildman–Crippen MR) is 48.9 cm³/mol. The Morgan fingerprint density at radius 2 is 2.08 bits per heavy atom. The van der Waals surface area contributed by atoms with Gasteiger partial charge in [-0.25, -0.2) is 4.79 Å². The van der Waals surface area contributed by atoms with Gasteiger partial charge in [-0.15, -0.1) is 0 Å². The lowest BCUT2D eigenvalue weighted by Crippen LogP contribution is -2.13. The summed E-state index contributed by atoms with van der Waals surface area (Å²) >= 11 is 0. The monoisotopic (exact) mass is 175 g/mol. The van der Waals surface area contributed by atoms with Gasteiger partial charge in [0.05, 0.1) is 6.21 Å². The van der Waals surface area contributed by atoms with Crippen LogP contribution >= 0.6 is 0 Å². The molecule has 0 N–H and O–H groups in total. The maximum Gasteiger partial charge on any atom is 0.434 e. The molecule has 0 spiro atoms. The van der Waals surface area contributed by atoms with Crippen LogP contribution in [0.5, 0.6) is 0 Å². The highest BCUT2D eigenvalue weighted by molar-refractivity contribution is 5.87. The van der Waals surface area contributed by atoms with Crippen LogP contribution in [0.15, 0.2) is 35.3 Å². The van der Waals surface area contributed by atoms with Crippen LogP contribution in [0.2, 0.25) is 0 Å². The van der Waals surface area contributed by atoms with Crippen molar-refractivity contribution in [2.45, 2.75) is 12.5 Å². The highest BCUT2D eigenvalue weighted by Gasteiger charge is 2.17. The van der Waals surface area contributed by atoms with Gasteiger partial charge in [0.2, 0.25) is 0 Å². The van der Waals surface area contributed by atoms with E-state index in [1.165, 1.54) is 0 Å². The molecule has 1 aliphatic heterocycles. The fourth-order valence-electron chi connectivity index (χ4n) is 1.28. The number of carbonyl (C=O) groups excluding carboxylic acids is 1. The third-order valence-corrected chi connectivity index (χ3v) is 1.88. The van der Waals surface area contributed by atoms with E-state index < -0.39 is 6.09 Å². The molecule has 0 fully saturated rings. The molecule has 1 atom stereocenters. The Morgan fingerprint density at radius 3 is 2.69 bits per heavy atom. The van der Waals surface area contributed by atoms with Crippen molar-refractivity contribution < 1.29 is 9.53 Å². The number of ether oxygens (including phenoxy) is 1. The fraction of sp³-hybridized carbons (Fsp3) is 0.200. The molecular weight excluding hydrogens is 166 g/mol. The Labute approximate surface area is 76.1 Å². The average Bonchev–Trinajstić information content (AvgIpc) is 2.53. The molecule has 0 radical (unpaired) electrons. The van der Waals surface area contributed by atoms with Crippen molar-refractivity contribution in [1.29, 1.82) is 0 Å². The van der Waals surface area contributed by atoms with E-state index in [-0.39, 0.29) is 6.10 Å². The number of amides is 1. The lowest BCUT2D eigenvalue weighted by atomic mass is 10.1. The summed E-state index contributed by atoms with van der Waals surface area (Å²) in [5.41, 5.74) is 1.15. The SMILES string of the molecule is O=C1N=CC(Cc2ccccc2)O1. The Morgan fingerprint density at radius 1 is 1.31 bits per heavy atom. The zero-order valence-electron chi connectivity index (χ0n) is 7.01. The molecule has 0 bridgehead atoms. The zero-order valence-corrected chi connectivity index (χ0v) is 7.01. The second-order valence-corrected chi connectivity index (χ2v) is 2.89. The van der Waals surface area contributed by atoms with Crippen molar-refractivity contribution in [2.75, 3.05) is 0 Å². The van der Waals surface area contributed by atoms with Gasteiger partial charge in [-0.2, -0.15) is 4.99 Å². The summed E-state index contributed by atoms with van der Waals surface area (Å²) in [4.78, 5) is 14.2. The van der Waals surface area contributed by atoms with Crippen LogP contribution in [0, 0.1) is 0 Å². The summed E-state index contributed by atoms with van der Waals surface area (Å²) in [5, 5.41) is 0. The van der Waals surface area contributed by atoms with Gasteiger partial charge in [-0.3, -0.25) is 0 Å². The summed E-state index contributed by atoms with van der Waals surface area (Å²) in [6.45, 7) is 0. The van der Waals surface area contributed by atoms with Gasteiger partial charge in [0.15, 0.2) is 0 Å². The van der Waals surface area contributed by atoms with Gasteiger partial charge in [-0.1, -0.05) is 30.3 Å². The lowest BCUT2D eigenvalue weighted by Gasteiger charge is -2.05. The van der Waals surface area contributed by atoms with Gasteiger partial charge < -0.3 is 4.74 Å². The summed E-state index contributed by atoms with van der Waals surface area (Å²) < 4.78 is 4.90. The van der Waals surface area contributed by atoms with Crippen molar-refractivity contribution in [3.8, 4) is 0 Å². The van der Waals surface area contributed by atoms with E-state index >= 15 is 0 Å². The number of hydrogen-bond donors (Lipinski definition) is 0.